The van der Waals surface area contributed by atoms with Crippen LogP contribution in [0.4, 0.5) is 0 Å². The van der Waals surface area contributed by atoms with Crippen LogP contribution in [0.1, 0.15) is 41.5 Å². The van der Waals surface area contributed by atoms with E-state index in [1.54, 1.807) is 39.5 Å². The van der Waals surface area contributed by atoms with E-state index in [1.807, 2.05) is 13.8 Å². The highest BCUT2D eigenvalue weighted by atomic mass is 32.2. The lowest BCUT2D eigenvalue weighted by Crippen LogP contribution is -2.43. The topological polar surface area (TPSA) is 55.4 Å². The summed E-state index contributed by atoms with van der Waals surface area (Å²) >= 11 is 1.54. The number of amides is 1. The van der Waals surface area contributed by atoms with Gasteiger partial charge in [0, 0.05) is 0 Å². The maximum absolute atomic E-state index is 11.6. The van der Waals surface area contributed by atoms with Gasteiger partial charge in [-0.3, -0.25) is 4.79 Å². The number of esters is 1. The molecule has 0 fully saturated rings. The minimum atomic E-state index is -0.602. The van der Waals surface area contributed by atoms with Gasteiger partial charge in [0.15, 0.2) is 0 Å². The molecule has 0 spiro atoms. The van der Waals surface area contributed by atoms with Gasteiger partial charge in [0.1, 0.15) is 11.6 Å². The second kappa shape index (κ2) is 6.89. The van der Waals surface area contributed by atoms with Gasteiger partial charge in [-0.05, 0) is 32.9 Å². The van der Waals surface area contributed by atoms with Gasteiger partial charge in [0.2, 0.25) is 5.91 Å². The molecule has 0 aliphatic rings. The third-order valence-electron chi connectivity index (χ3n) is 1.69. The Morgan fingerprint density at radius 1 is 1.24 bits per heavy atom. The third kappa shape index (κ3) is 9.03. The predicted molar refractivity (Wildman–Crippen MR) is 71.0 cm³/mol. The third-order valence-corrected chi connectivity index (χ3v) is 2.78. The first-order valence-electron chi connectivity index (χ1n) is 5.75. The molecule has 1 amide bonds. The Morgan fingerprint density at radius 3 is 2.18 bits per heavy atom. The standard InChI is InChI=1S/C12H23NO3S/c1-8(2)17-7-10(14)13-9(3)11(15)16-12(4,5)6/h8-9H,7H2,1-6H3,(H,13,14)/t9-/m1/s1. The number of hydrogen-bond donors (Lipinski definition) is 1. The Kier molecular flexibility index (Phi) is 6.60. The lowest BCUT2D eigenvalue weighted by molar-refractivity contribution is -0.157. The molecule has 1 N–H and O–H groups in total. The summed E-state index contributed by atoms with van der Waals surface area (Å²) in [5, 5.41) is 3.02. The molecule has 0 unspecified atom stereocenters. The van der Waals surface area contributed by atoms with Gasteiger partial charge in [-0.25, -0.2) is 4.79 Å². The minimum Gasteiger partial charge on any atom is -0.458 e. The number of thioether (sulfide) groups is 1. The van der Waals surface area contributed by atoms with Crippen LogP contribution in [-0.2, 0) is 14.3 Å². The van der Waals surface area contributed by atoms with Crippen LogP contribution in [0.2, 0.25) is 0 Å². The van der Waals surface area contributed by atoms with Gasteiger partial charge in [0.25, 0.3) is 0 Å². The van der Waals surface area contributed by atoms with E-state index < -0.39 is 17.6 Å². The molecule has 0 saturated carbocycles. The van der Waals surface area contributed by atoms with E-state index in [0.29, 0.717) is 11.0 Å². The van der Waals surface area contributed by atoms with Crippen LogP contribution in [-0.4, -0.2) is 34.5 Å². The zero-order chi connectivity index (χ0) is 13.6. The number of carbonyl (C=O) groups is 2. The van der Waals surface area contributed by atoms with E-state index in [0.717, 1.165) is 0 Å². The summed E-state index contributed by atoms with van der Waals surface area (Å²) < 4.78 is 5.17. The first kappa shape index (κ1) is 16.3. The van der Waals surface area contributed by atoms with E-state index in [1.165, 1.54) is 0 Å². The number of nitrogens with one attached hydrogen (secondary N) is 1. The van der Waals surface area contributed by atoms with Crippen molar-refractivity contribution in [2.45, 2.75) is 58.4 Å². The van der Waals surface area contributed by atoms with Crippen molar-refractivity contribution in [2.24, 2.45) is 0 Å². The summed E-state index contributed by atoms with van der Waals surface area (Å²) in [5.41, 5.74) is -0.525. The molecule has 0 rings (SSSR count). The summed E-state index contributed by atoms with van der Waals surface area (Å²) in [7, 11) is 0. The van der Waals surface area contributed by atoms with E-state index in [2.05, 4.69) is 5.32 Å². The predicted octanol–water partition coefficient (Wildman–Crippen LogP) is 1.97. The second-order valence-electron chi connectivity index (χ2n) is 5.18. The number of carbonyl (C=O) groups excluding carboxylic acids is 2. The number of rotatable bonds is 5. The fourth-order valence-corrected chi connectivity index (χ4v) is 1.54. The van der Waals surface area contributed by atoms with E-state index in [-0.39, 0.29) is 5.91 Å². The monoisotopic (exact) mass is 261 g/mol. The molecule has 0 radical (unpaired) electrons. The first-order valence-corrected chi connectivity index (χ1v) is 6.80. The zero-order valence-corrected chi connectivity index (χ0v) is 12.3. The number of ether oxygens (including phenoxy) is 1. The Bertz CT molecular complexity index is 271. The molecule has 0 bridgehead atoms. The van der Waals surface area contributed by atoms with E-state index in [9.17, 15) is 9.59 Å². The van der Waals surface area contributed by atoms with E-state index in [4.69, 9.17) is 4.74 Å². The molecule has 1 atom stereocenters. The summed E-state index contributed by atoms with van der Waals surface area (Å²) in [6.45, 7) is 11.1. The fourth-order valence-electron chi connectivity index (χ4n) is 0.975. The van der Waals surface area contributed by atoms with Crippen LogP contribution in [0.3, 0.4) is 0 Å². The molecular formula is C12H23NO3S. The average molecular weight is 261 g/mol. The first-order chi connectivity index (χ1) is 7.61. The molecule has 4 nitrogen and oxygen atoms in total. The van der Waals surface area contributed by atoms with Crippen molar-refractivity contribution in [3.05, 3.63) is 0 Å². The van der Waals surface area contributed by atoms with Crippen LogP contribution >= 0.6 is 11.8 Å². The van der Waals surface area contributed by atoms with Crippen molar-refractivity contribution in [1.29, 1.82) is 0 Å². The lowest BCUT2D eigenvalue weighted by Gasteiger charge is -2.22. The summed E-state index contributed by atoms with van der Waals surface area (Å²) in [5.74, 6) is -0.174. The van der Waals surface area contributed by atoms with Crippen molar-refractivity contribution in [2.75, 3.05) is 5.75 Å². The van der Waals surface area contributed by atoms with Crippen molar-refractivity contribution in [3.63, 3.8) is 0 Å². The summed E-state index contributed by atoms with van der Waals surface area (Å²) in [6, 6.07) is -0.602. The highest BCUT2D eigenvalue weighted by Gasteiger charge is 2.22. The van der Waals surface area contributed by atoms with Gasteiger partial charge in [-0.1, -0.05) is 13.8 Å². The Labute approximate surface area is 108 Å². The summed E-state index contributed by atoms with van der Waals surface area (Å²) in [6.07, 6.45) is 0. The molecule has 0 aromatic rings. The van der Waals surface area contributed by atoms with Gasteiger partial charge in [-0.15, -0.1) is 11.8 Å². The van der Waals surface area contributed by atoms with Crippen molar-refractivity contribution >= 4 is 23.6 Å². The average Bonchev–Trinajstić information content (AvgIpc) is 2.11. The van der Waals surface area contributed by atoms with Gasteiger partial charge < -0.3 is 10.1 Å². The SMILES string of the molecule is CC(C)SCC(=O)N[C@H](C)C(=O)OC(C)(C)C. The maximum Gasteiger partial charge on any atom is 0.328 e. The molecule has 0 aliphatic heterocycles. The molecule has 0 saturated heterocycles. The smallest absolute Gasteiger partial charge is 0.328 e. The molecule has 0 aromatic carbocycles. The lowest BCUT2D eigenvalue weighted by atomic mass is 10.2. The van der Waals surface area contributed by atoms with Crippen LogP contribution in [0.15, 0.2) is 0 Å². The molecular weight excluding hydrogens is 238 g/mol. The molecule has 17 heavy (non-hydrogen) atoms. The number of hydrogen-bond acceptors (Lipinski definition) is 4. The highest BCUT2D eigenvalue weighted by molar-refractivity contribution is 8.00. The molecule has 100 valence electrons. The van der Waals surface area contributed by atoms with Crippen LogP contribution in [0.5, 0.6) is 0 Å². The van der Waals surface area contributed by atoms with E-state index >= 15 is 0 Å². The largest absolute Gasteiger partial charge is 0.458 e. The van der Waals surface area contributed by atoms with Crippen LogP contribution < -0.4 is 5.32 Å². The van der Waals surface area contributed by atoms with Crippen molar-refractivity contribution in [3.8, 4) is 0 Å². The second-order valence-corrected chi connectivity index (χ2v) is 6.75. The maximum atomic E-state index is 11.6. The fraction of sp³-hybridized carbons (Fsp3) is 0.833. The van der Waals surface area contributed by atoms with Gasteiger partial charge in [0.05, 0.1) is 5.75 Å². The zero-order valence-electron chi connectivity index (χ0n) is 11.5. The Balaban J connectivity index is 4.04. The van der Waals surface area contributed by atoms with Gasteiger partial charge in [-0.2, -0.15) is 0 Å². The quantitative estimate of drug-likeness (QED) is 0.769. The van der Waals surface area contributed by atoms with Crippen LogP contribution in [0.25, 0.3) is 0 Å². The molecule has 0 aromatic heterocycles. The highest BCUT2D eigenvalue weighted by Crippen LogP contribution is 2.10. The minimum absolute atomic E-state index is 0.137. The van der Waals surface area contributed by atoms with Gasteiger partial charge >= 0.3 is 5.97 Å². The summed E-state index contributed by atoms with van der Waals surface area (Å²) in [4.78, 5) is 23.1. The Hall–Kier alpha value is -0.710. The molecule has 5 heteroatoms. The molecule has 0 heterocycles. The van der Waals surface area contributed by atoms with Crippen LogP contribution in [0, 0.1) is 0 Å². The van der Waals surface area contributed by atoms with Crippen molar-refractivity contribution in [1.82, 2.24) is 5.32 Å². The normalized spacial score (nSPS) is 13.4. The molecule has 0 aliphatic carbocycles. The van der Waals surface area contributed by atoms with Crippen molar-refractivity contribution < 1.29 is 14.3 Å². The Morgan fingerprint density at radius 2 is 1.76 bits per heavy atom.